The van der Waals surface area contributed by atoms with Crippen LogP contribution in [0.3, 0.4) is 0 Å². The number of unbranched alkanes of at least 4 members (excludes halogenated alkanes) is 3. The molecule has 44 heavy (non-hydrogen) atoms. The number of carbonyl (C=O) groups excluding carboxylic acids is 3. The summed E-state index contributed by atoms with van der Waals surface area (Å²) in [6, 6.07) is 6.63. The SMILES string of the molecule is CCCC(C)N1CC=C[C@]23O[C@]4(CC)C=CCN(c5ccc(OCC)cc5)C(=O)[C@@H]4[C@H]2C(=O)N(CCCCCCO)C3C1=O. The third-order valence-corrected chi connectivity index (χ3v) is 9.98. The van der Waals surface area contributed by atoms with Crippen molar-refractivity contribution in [3.8, 4) is 5.75 Å². The molecule has 2 fully saturated rings. The van der Waals surface area contributed by atoms with E-state index in [0.29, 0.717) is 45.5 Å². The average Bonchev–Trinajstić information content (AvgIpc) is 3.30. The van der Waals surface area contributed by atoms with Gasteiger partial charge in [0.2, 0.25) is 17.7 Å². The zero-order chi connectivity index (χ0) is 31.5. The van der Waals surface area contributed by atoms with Crippen molar-refractivity contribution >= 4 is 23.4 Å². The van der Waals surface area contributed by atoms with Gasteiger partial charge in [-0.15, -0.1) is 0 Å². The van der Waals surface area contributed by atoms with E-state index in [2.05, 4.69) is 13.8 Å². The summed E-state index contributed by atoms with van der Waals surface area (Å²) >= 11 is 0. The van der Waals surface area contributed by atoms with Crippen molar-refractivity contribution in [1.29, 1.82) is 0 Å². The summed E-state index contributed by atoms with van der Waals surface area (Å²) in [5.41, 5.74) is -1.54. The lowest BCUT2D eigenvalue weighted by atomic mass is 9.73. The first-order valence-corrected chi connectivity index (χ1v) is 16.6. The highest BCUT2D eigenvalue weighted by molar-refractivity contribution is 6.04. The fraction of sp³-hybridized carbons (Fsp3) is 0.629. The number of hydrogen-bond acceptors (Lipinski definition) is 6. The summed E-state index contributed by atoms with van der Waals surface area (Å²) in [6.07, 6.45) is 13.3. The number of nitrogens with zero attached hydrogens (tertiary/aromatic N) is 3. The van der Waals surface area contributed by atoms with Crippen molar-refractivity contribution in [2.75, 3.05) is 37.7 Å². The minimum absolute atomic E-state index is 0.0107. The Labute approximate surface area is 261 Å². The van der Waals surface area contributed by atoms with Crippen molar-refractivity contribution in [1.82, 2.24) is 9.80 Å². The lowest BCUT2D eigenvalue weighted by Crippen LogP contribution is -2.57. The first-order valence-electron chi connectivity index (χ1n) is 16.6. The third kappa shape index (κ3) is 5.47. The second kappa shape index (κ2) is 13.4. The zero-order valence-corrected chi connectivity index (χ0v) is 26.7. The van der Waals surface area contributed by atoms with Gasteiger partial charge in [-0.05, 0) is 63.8 Å². The molecule has 1 N–H and O–H groups in total. The van der Waals surface area contributed by atoms with Crippen LogP contribution in [-0.4, -0.2) is 88.8 Å². The predicted molar refractivity (Wildman–Crippen MR) is 169 cm³/mol. The number of anilines is 1. The van der Waals surface area contributed by atoms with Gasteiger partial charge in [-0.1, -0.05) is 57.4 Å². The summed E-state index contributed by atoms with van der Waals surface area (Å²) in [5.74, 6) is -1.34. The van der Waals surface area contributed by atoms with Crippen molar-refractivity contribution in [3.05, 3.63) is 48.6 Å². The number of amides is 3. The zero-order valence-electron chi connectivity index (χ0n) is 26.7. The Morgan fingerprint density at radius 3 is 2.34 bits per heavy atom. The Hall–Kier alpha value is -3.17. The number of likely N-dealkylation sites (tertiary alicyclic amines) is 1. The molecule has 4 aliphatic heterocycles. The lowest BCUT2D eigenvalue weighted by molar-refractivity contribution is -0.153. The molecule has 0 aromatic heterocycles. The molecule has 9 heteroatoms. The molecule has 3 amide bonds. The summed E-state index contributed by atoms with van der Waals surface area (Å²) in [6.45, 7) is 9.99. The summed E-state index contributed by atoms with van der Waals surface area (Å²) in [4.78, 5) is 49.2. The lowest BCUT2D eigenvalue weighted by Gasteiger charge is -2.39. The molecule has 2 saturated heterocycles. The standard InChI is InChI=1S/C35H49N3O6/c1-5-14-25(4)36-22-13-20-35-29(32(41)38(30(35)33(36)42)21-10-8-9-11-24-39)28-31(40)37(23-12-19-34(28,6-2)44-35)26-15-17-27(18-16-26)43-7-3/h12-13,15-20,25,28-30,39H,5-11,14,21-24H2,1-4H3/t25?,28-,29-,30?,34+,35-/m0/s1. The molecule has 240 valence electrons. The van der Waals surface area contributed by atoms with E-state index in [0.717, 1.165) is 37.1 Å². The molecule has 4 aliphatic rings. The van der Waals surface area contributed by atoms with Gasteiger partial charge in [-0.3, -0.25) is 14.4 Å². The first kappa shape index (κ1) is 32.2. The predicted octanol–water partition coefficient (Wildman–Crippen LogP) is 4.49. The highest BCUT2D eigenvalue weighted by atomic mass is 16.5. The van der Waals surface area contributed by atoms with E-state index in [1.165, 1.54) is 0 Å². The van der Waals surface area contributed by atoms with E-state index < -0.39 is 29.1 Å². The van der Waals surface area contributed by atoms with E-state index in [9.17, 15) is 19.5 Å². The number of rotatable bonds is 13. The van der Waals surface area contributed by atoms with Crippen LogP contribution in [0.5, 0.6) is 5.75 Å². The maximum absolute atomic E-state index is 14.7. The molecule has 1 aromatic carbocycles. The summed E-state index contributed by atoms with van der Waals surface area (Å²) < 4.78 is 12.7. The van der Waals surface area contributed by atoms with Gasteiger partial charge < -0.3 is 29.3 Å². The monoisotopic (exact) mass is 607 g/mol. The number of hydrogen-bond donors (Lipinski definition) is 1. The molecule has 1 aromatic rings. The van der Waals surface area contributed by atoms with Gasteiger partial charge in [0.15, 0.2) is 0 Å². The number of carbonyl (C=O) groups is 3. The van der Waals surface area contributed by atoms with Crippen molar-refractivity contribution in [2.45, 2.75) is 95.9 Å². The Bertz CT molecular complexity index is 1260. The van der Waals surface area contributed by atoms with Crippen LogP contribution in [0.2, 0.25) is 0 Å². The van der Waals surface area contributed by atoms with Gasteiger partial charge in [0.05, 0.1) is 24.0 Å². The van der Waals surface area contributed by atoms with Crippen molar-refractivity contribution in [3.63, 3.8) is 0 Å². The number of aliphatic hydroxyl groups excluding tert-OH is 1. The van der Waals surface area contributed by atoms with E-state index in [1.807, 2.05) is 67.3 Å². The van der Waals surface area contributed by atoms with E-state index >= 15 is 0 Å². The normalized spacial score (nSPS) is 30.2. The van der Waals surface area contributed by atoms with Gasteiger partial charge in [0.25, 0.3) is 0 Å². The second-order valence-corrected chi connectivity index (χ2v) is 12.6. The van der Waals surface area contributed by atoms with Crippen molar-refractivity contribution in [2.24, 2.45) is 11.8 Å². The highest BCUT2D eigenvalue weighted by Crippen LogP contribution is 2.58. The van der Waals surface area contributed by atoms with Crippen molar-refractivity contribution < 1.29 is 29.0 Å². The highest BCUT2D eigenvalue weighted by Gasteiger charge is 2.75. The van der Waals surface area contributed by atoms with Gasteiger partial charge in [-0.2, -0.15) is 0 Å². The average molecular weight is 608 g/mol. The topological polar surface area (TPSA) is 99.6 Å². The first-order chi connectivity index (χ1) is 21.3. The van der Waals surface area contributed by atoms with Gasteiger partial charge >= 0.3 is 0 Å². The molecule has 0 aliphatic carbocycles. The fourth-order valence-electron chi connectivity index (χ4n) is 7.86. The number of ether oxygens (including phenoxy) is 2. The van der Waals surface area contributed by atoms with E-state index in [-0.39, 0.29) is 30.4 Å². The quantitative estimate of drug-likeness (QED) is 0.262. The van der Waals surface area contributed by atoms with E-state index in [4.69, 9.17) is 9.47 Å². The minimum Gasteiger partial charge on any atom is -0.494 e. The van der Waals surface area contributed by atoms with Gasteiger partial charge in [0, 0.05) is 38.0 Å². The maximum Gasteiger partial charge on any atom is 0.249 e. The van der Waals surface area contributed by atoms with Crippen LogP contribution < -0.4 is 9.64 Å². The third-order valence-electron chi connectivity index (χ3n) is 9.98. The van der Waals surface area contributed by atoms with Crippen LogP contribution in [0, 0.1) is 11.8 Å². The minimum atomic E-state index is -1.25. The molecular weight excluding hydrogens is 558 g/mol. The summed E-state index contributed by atoms with van der Waals surface area (Å²) in [5, 5.41) is 9.23. The maximum atomic E-state index is 14.7. The Morgan fingerprint density at radius 1 is 0.932 bits per heavy atom. The molecular formula is C35H49N3O6. The Balaban J connectivity index is 1.56. The molecule has 4 heterocycles. The second-order valence-electron chi connectivity index (χ2n) is 12.6. The molecule has 2 unspecified atom stereocenters. The van der Waals surface area contributed by atoms with Crippen LogP contribution in [0.25, 0.3) is 0 Å². The molecule has 6 atom stereocenters. The molecule has 0 radical (unpaired) electrons. The van der Waals surface area contributed by atoms with Crippen LogP contribution in [-0.2, 0) is 19.1 Å². The van der Waals surface area contributed by atoms with E-state index in [1.54, 1.807) is 9.80 Å². The summed E-state index contributed by atoms with van der Waals surface area (Å²) in [7, 11) is 0. The van der Waals surface area contributed by atoms with Gasteiger partial charge in [0.1, 0.15) is 17.4 Å². The van der Waals surface area contributed by atoms with Crippen LogP contribution in [0.15, 0.2) is 48.6 Å². The van der Waals surface area contributed by atoms with Crippen LogP contribution >= 0.6 is 0 Å². The number of benzene rings is 1. The largest absolute Gasteiger partial charge is 0.494 e. The number of fused-ring (bicyclic) bond motifs is 2. The smallest absolute Gasteiger partial charge is 0.249 e. The fourth-order valence-corrected chi connectivity index (χ4v) is 7.86. The van der Waals surface area contributed by atoms with Gasteiger partial charge in [-0.25, -0.2) is 0 Å². The molecule has 9 nitrogen and oxygen atoms in total. The molecule has 0 saturated carbocycles. The number of aliphatic hydroxyl groups is 1. The molecule has 5 rings (SSSR count). The van der Waals surface area contributed by atoms with Crippen LogP contribution in [0.4, 0.5) is 5.69 Å². The van der Waals surface area contributed by atoms with Crippen LogP contribution in [0.1, 0.15) is 72.6 Å². The Morgan fingerprint density at radius 2 is 1.66 bits per heavy atom. The Kier molecular flexibility index (Phi) is 9.85. The molecule has 1 spiro atoms. The molecule has 0 bridgehead atoms.